The van der Waals surface area contributed by atoms with Gasteiger partial charge in [-0.25, -0.2) is 0 Å². The molecule has 114 valence electrons. The molecule has 0 saturated heterocycles. The number of benzene rings is 1. The van der Waals surface area contributed by atoms with Crippen molar-refractivity contribution in [2.45, 2.75) is 46.0 Å². The molecule has 0 bridgehead atoms. The summed E-state index contributed by atoms with van der Waals surface area (Å²) in [6, 6.07) is 8.67. The highest BCUT2D eigenvalue weighted by Crippen LogP contribution is 2.44. The van der Waals surface area contributed by atoms with Crippen LogP contribution in [0.5, 0.6) is 0 Å². The minimum atomic E-state index is 0.490. The van der Waals surface area contributed by atoms with E-state index in [0.717, 1.165) is 29.7 Å². The molecule has 1 aromatic carbocycles. The summed E-state index contributed by atoms with van der Waals surface area (Å²) in [6.45, 7) is 7.58. The molecule has 2 nitrogen and oxygen atoms in total. The topological polar surface area (TPSA) is 39.2 Å². The number of hydrogen-bond donors (Lipinski definition) is 1. The van der Waals surface area contributed by atoms with Gasteiger partial charge in [-0.15, -0.1) is 0 Å². The van der Waals surface area contributed by atoms with Gasteiger partial charge in [-0.3, -0.25) is 0 Å². The Hall–Kier alpha value is -1.28. The van der Waals surface area contributed by atoms with Crippen LogP contribution in [0.3, 0.4) is 0 Å². The number of nitrogens with two attached hydrogens (primary N) is 1. The smallest absolute Gasteiger partial charge is 0.134 e. The van der Waals surface area contributed by atoms with Crippen LogP contribution in [0, 0.1) is 24.7 Å². The predicted octanol–water partition coefficient (Wildman–Crippen LogP) is 4.86. The maximum absolute atomic E-state index is 6.17. The molecule has 1 heterocycles. The van der Waals surface area contributed by atoms with Crippen molar-refractivity contribution in [3.63, 3.8) is 0 Å². The summed E-state index contributed by atoms with van der Waals surface area (Å²) in [4.78, 5) is 0. The third kappa shape index (κ3) is 2.87. The highest BCUT2D eigenvalue weighted by Gasteiger charge is 2.33. The Bertz CT molecular complexity index is 613. The molecule has 2 heteroatoms. The van der Waals surface area contributed by atoms with E-state index in [9.17, 15) is 0 Å². The van der Waals surface area contributed by atoms with Gasteiger partial charge in [0.15, 0.2) is 0 Å². The Morgan fingerprint density at radius 1 is 1.24 bits per heavy atom. The Labute approximate surface area is 127 Å². The van der Waals surface area contributed by atoms with E-state index < -0.39 is 0 Å². The summed E-state index contributed by atoms with van der Waals surface area (Å²) in [5, 5.41) is 1.23. The quantitative estimate of drug-likeness (QED) is 0.875. The maximum atomic E-state index is 6.17. The van der Waals surface area contributed by atoms with Crippen LogP contribution in [-0.4, -0.2) is 6.54 Å². The van der Waals surface area contributed by atoms with Crippen LogP contribution >= 0.6 is 0 Å². The molecule has 21 heavy (non-hydrogen) atoms. The van der Waals surface area contributed by atoms with Gasteiger partial charge in [-0.2, -0.15) is 0 Å². The molecule has 1 aliphatic rings. The minimum absolute atomic E-state index is 0.490. The van der Waals surface area contributed by atoms with Crippen LogP contribution < -0.4 is 5.73 Å². The molecule has 3 atom stereocenters. The third-order valence-electron chi connectivity index (χ3n) is 5.34. The lowest BCUT2D eigenvalue weighted by Gasteiger charge is -2.36. The fourth-order valence-corrected chi connectivity index (χ4v) is 3.87. The summed E-state index contributed by atoms with van der Waals surface area (Å²) in [5.74, 6) is 3.76. The monoisotopic (exact) mass is 285 g/mol. The van der Waals surface area contributed by atoms with Crippen LogP contribution in [0.25, 0.3) is 11.0 Å². The van der Waals surface area contributed by atoms with E-state index in [2.05, 4.69) is 45.0 Å². The third-order valence-corrected chi connectivity index (χ3v) is 5.34. The van der Waals surface area contributed by atoms with E-state index >= 15 is 0 Å². The largest absolute Gasteiger partial charge is 0.461 e. The van der Waals surface area contributed by atoms with E-state index in [4.69, 9.17) is 10.2 Å². The van der Waals surface area contributed by atoms with Gasteiger partial charge in [-0.1, -0.05) is 25.5 Å². The second-order valence-electron chi connectivity index (χ2n) is 7.11. The van der Waals surface area contributed by atoms with E-state index in [1.54, 1.807) is 0 Å². The molecule has 0 aliphatic heterocycles. The first kappa shape index (κ1) is 14.6. The predicted molar refractivity (Wildman–Crippen MR) is 88.4 cm³/mol. The van der Waals surface area contributed by atoms with Crippen molar-refractivity contribution in [3.05, 3.63) is 35.6 Å². The summed E-state index contributed by atoms with van der Waals surface area (Å²) >= 11 is 0. The second kappa shape index (κ2) is 5.84. The first-order valence-corrected chi connectivity index (χ1v) is 8.28. The molecule has 1 aliphatic carbocycles. The minimum Gasteiger partial charge on any atom is -0.461 e. The average Bonchev–Trinajstić information content (AvgIpc) is 2.89. The standard InChI is InChI=1S/C19H27NO/c1-12(2)14-5-6-15(11-20)17(9-14)19-10-16-8-13(3)4-7-18(16)21-19/h4,7-8,10,12,14-15,17H,5-6,9,11,20H2,1-3H3. The highest BCUT2D eigenvalue weighted by atomic mass is 16.3. The molecule has 2 N–H and O–H groups in total. The number of hydrogen-bond acceptors (Lipinski definition) is 2. The number of furan rings is 1. The summed E-state index contributed by atoms with van der Waals surface area (Å²) in [6.07, 6.45) is 3.77. The second-order valence-corrected chi connectivity index (χ2v) is 7.11. The Morgan fingerprint density at radius 3 is 2.76 bits per heavy atom. The van der Waals surface area contributed by atoms with Crippen LogP contribution in [0.1, 0.15) is 50.4 Å². The molecule has 0 radical (unpaired) electrons. The van der Waals surface area contributed by atoms with Crippen molar-refractivity contribution < 1.29 is 4.42 Å². The lowest BCUT2D eigenvalue weighted by Crippen LogP contribution is -2.30. The zero-order valence-electron chi connectivity index (χ0n) is 13.4. The first-order chi connectivity index (χ1) is 10.1. The fourth-order valence-electron chi connectivity index (χ4n) is 3.87. The van der Waals surface area contributed by atoms with Crippen LogP contribution in [0.15, 0.2) is 28.7 Å². The van der Waals surface area contributed by atoms with Gasteiger partial charge in [0.2, 0.25) is 0 Å². The van der Waals surface area contributed by atoms with Crippen LogP contribution in [0.4, 0.5) is 0 Å². The highest BCUT2D eigenvalue weighted by molar-refractivity contribution is 5.78. The maximum Gasteiger partial charge on any atom is 0.134 e. The first-order valence-electron chi connectivity index (χ1n) is 8.28. The molecular weight excluding hydrogens is 258 g/mol. The van der Waals surface area contributed by atoms with Gasteiger partial charge < -0.3 is 10.2 Å². The van der Waals surface area contributed by atoms with Gasteiger partial charge in [0, 0.05) is 11.3 Å². The normalized spacial score (nSPS) is 26.6. The molecule has 3 unspecified atom stereocenters. The Balaban J connectivity index is 1.93. The Morgan fingerprint density at radius 2 is 2.05 bits per heavy atom. The van der Waals surface area contributed by atoms with E-state index in [1.807, 2.05) is 0 Å². The average molecular weight is 285 g/mol. The van der Waals surface area contributed by atoms with Gasteiger partial charge in [0.1, 0.15) is 11.3 Å². The summed E-state index contributed by atoms with van der Waals surface area (Å²) < 4.78 is 6.17. The fraction of sp³-hybridized carbons (Fsp3) is 0.579. The van der Waals surface area contributed by atoms with E-state index in [1.165, 1.54) is 30.2 Å². The van der Waals surface area contributed by atoms with Crippen LogP contribution in [0.2, 0.25) is 0 Å². The van der Waals surface area contributed by atoms with Crippen LogP contribution in [-0.2, 0) is 0 Å². The van der Waals surface area contributed by atoms with Gasteiger partial charge in [0.05, 0.1) is 0 Å². The van der Waals surface area contributed by atoms with Gasteiger partial charge in [0.25, 0.3) is 0 Å². The zero-order valence-corrected chi connectivity index (χ0v) is 13.4. The molecule has 3 rings (SSSR count). The van der Waals surface area contributed by atoms with Crippen molar-refractivity contribution in [1.82, 2.24) is 0 Å². The molecule has 1 saturated carbocycles. The van der Waals surface area contributed by atoms with E-state index in [0.29, 0.717) is 11.8 Å². The lowest BCUT2D eigenvalue weighted by atomic mass is 9.70. The van der Waals surface area contributed by atoms with Crippen molar-refractivity contribution in [3.8, 4) is 0 Å². The molecule has 2 aromatic rings. The SMILES string of the molecule is Cc1ccc2oc(C3CC(C(C)C)CCC3CN)cc2c1. The van der Waals surface area contributed by atoms with Gasteiger partial charge in [-0.05, 0) is 68.7 Å². The molecule has 0 amide bonds. The van der Waals surface area contributed by atoms with Crippen molar-refractivity contribution in [2.75, 3.05) is 6.54 Å². The molecule has 0 spiro atoms. The summed E-state index contributed by atoms with van der Waals surface area (Å²) in [7, 11) is 0. The van der Waals surface area contributed by atoms with Crippen molar-refractivity contribution >= 4 is 11.0 Å². The number of fused-ring (bicyclic) bond motifs is 1. The summed E-state index contributed by atoms with van der Waals surface area (Å²) in [5.41, 5.74) is 8.33. The molecule has 1 fully saturated rings. The number of aryl methyl sites for hydroxylation is 1. The Kier molecular flexibility index (Phi) is 4.08. The van der Waals surface area contributed by atoms with E-state index in [-0.39, 0.29) is 0 Å². The number of rotatable bonds is 3. The molecular formula is C19H27NO. The molecule has 1 aromatic heterocycles. The lowest BCUT2D eigenvalue weighted by molar-refractivity contribution is 0.183. The van der Waals surface area contributed by atoms with Crippen molar-refractivity contribution in [2.24, 2.45) is 23.5 Å². The van der Waals surface area contributed by atoms with Gasteiger partial charge >= 0.3 is 0 Å². The zero-order chi connectivity index (χ0) is 15.0. The van der Waals surface area contributed by atoms with Crippen molar-refractivity contribution in [1.29, 1.82) is 0 Å².